The summed E-state index contributed by atoms with van der Waals surface area (Å²) in [4.78, 5) is 17.0. The van der Waals surface area contributed by atoms with Gasteiger partial charge < -0.3 is 10.0 Å². The molecule has 0 saturated heterocycles. The fourth-order valence-electron chi connectivity index (χ4n) is 1.23. The number of hydrogen-bond acceptors (Lipinski definition) is 4. The van der Waals surface area contributed by atoms with Crippen molar-refractivity contribution in [1.29, 1.82) is 5.26 Å². The van der Waals surface area contributed by atoms with Gasteiger partial charge in [-0.1, -0.05) is 0 Å². The standard InChI is InChI=1S/C11H13N3O2/c1-8(3-5-12)14(2)11(16)9-4-6-13-7-10(9)15/h4,6-8,15H,3H2,1-2H3. The van der Waals surface area contributed by atoms with Gasteiger partial charge in [-0.3, -0.25) is 9.78 Å². The quantitative estimate of drug-likeness (QED) is 0.827. The lowest BCUT2D eigenvalue weighted by Crippen LogP contribution is -2.34. The number of hydrogen-bond donors (Lipinski definition) is 1. The molecule has 1 amide bonds. The Morgan fingerprint density at radius 2 is 2.44 bits per heavy atom. The molecular formula is C11H13N3O2. The second-order valence-electron chi connectivity index (χ2n) is 3.52. The molecule has 0 aliphatic rings. The minimum absolute atomic E-state index is 0.150. The van der Waals surface area contributed by atoms with Gasteiger partial charge >= 0.3 is 0 Å². The smallest absolute Gasteiger partial charge is 0.257 e. The molecule has 0 aliphatic carbocycles. The van der Waals surface area contributed by atoms with Crippen LogP contribution in [0.5, 0.6) is 5.75 Å². The zero-order chi connectivity index (χ0) is 12.1. The predicted octanol–water partition coefficient (Wildman–Crippen LogP) is 1.16. The molecule has 1 aromatic rings. The molecule has 16 heavy (non-hydrogen) atoms. The lowest BCUT2D eigenvalue weighted by molar-refractivity contribution is 0.0743. The minimum Gasteiger partial charge on any atom is -0.505 e. The van der Waals surface area contributed by atoms with Gasteiger partial charge in [-0.2, -0.15) is 5.26 Å². The number of nitrogens with zero attached hydrogens (tertiary/aromatic N) is 3. The Kier molecular flexibility index (Phi) is 3.84. The monoisotopic (exact) mass is 219 g/mol. The van der Waals surface area contributed by atoms with Gasteiger partial charge in [0.05, 0.1) is 24.3 Å². The minimum atomic E-state index is -0.317. The summed E-state index contributed by atoms with van der Waals surface area (Å²) in [5, 5.41) is 18.0. The molecule has 1 atom stereocenters. The van der Waals surface area contributed by atoms with E-state index >= 15 is 0 Å². The van der Waals surface area contributed by atoms with Gasteiger partial charge in [0.15, 0.2) is 0 Å². The number of aromatic nitrogens is 1. The van der Waals surface area contributed by atoms with Crippen LogP contribution in [-0.4, -0.2) is 34.0 Å². The maximum absolute atomic E-state index is 11.9. The molecule has 1 rings (SSSR count). The molecule has 84 valence electrons. The summed E-state index contributed by atoms with van der Waals surface area (Å²) in [7, 11) is 1.60. The molecule has 5 heteroatoms. The molecule has 0 spiro atoms. The van der Waals surface area contributed by atoms with Crippen LogP contribution in [0.25, 0.3) is 0 Å². The molecule has 5 nitrogen and oxygen atoms in total. The highest BCUT2D eigenvalue weighted by atomic mass is 16.3. The Morgan fingerprint density at radius 3 is 3.00 bits per heavy atom. The maximum Gasteiger partial charge on any atom is 0.257 e. The van der Waals surface area contributed by atoms with Crippen molar-refractivity contribution in [2.75, 3.05) is 7.05 Å². The van der Waals surface area contributed by atoms with Crippen molar-refractivity contribution >= 4 is 5.91 Å². The summed E-state index contributed by atoms with van der Waals surface area (Å²) in [6, 6.07) is 3.26. The second-order valence-corrected chi connectivity index (χ2v) is 3.52. The zero-order valence-electron chi connectivity index (χ0n) is 9.21. The van der Waals surface area contributed by atoms with Crippen LogP contribution in [0.3, 0.4) is 0 Å². The van der Waals surface area contributed by atoms with E-state index in [2.05, 4.69) is 4.98 Å². The van der Waals surface area contributed by atoms with Crippen molar-refractivity contribution in [3.8, 4) is 11.8 Å². The number of amides is 1. The van der Waals surface area contributed by atoms with E-state index in [4.69, 9.17) is 5.26 Å². The second kappa shape index (κ2) is 5.12. The summed E-state index contributed by atoms with van der Waals surface area (Å²) < 4.78 is 0. The molecule has 1 N–H and O–H groups in total. The van der Waals surface area contributed by atoms with Crippen molar-refractivity contribution in [3.63, 3.8) is 0 Å². The fraction of sp³-hybridized carbons (Fsp3) is 0.364. The normalized spacial score (nSPS) is 11.6. The first-order valence-electron chi connectivity index (χ1n) is 4.85. The molecule has 0 fully saturated rings. The van der Waals surface area contributed by atoms with Crippen LogP contribution in [-0.2, 0) is 0 Å². The first-order chi connectivity index (χ1) is 7.57. The summed E-state index contributed by atoms with van der Waals surface area (Å²) in [5.74, 6) is -0.467. The van der Waals surface area contributed by atoms with E-state index < -0.39 is 0 Å². The van der Waals surface area contributed by atoms with Crippen LogP contribution in [0.15, 0.2) is 18.5 Å². The fourth-order valence-corrected chi connectivity index (χ4v) is 1.23. The van der Waals surface area contributed by atoms with E-state index in [-0.39, 0.29) is 29.7 Å². The third-order valence-electron chi connectivity index (χ3n) is 2.40. The number of pyridine rings is 1. The van der Waals surface area contributed by atoms with E-state index in [1.165, 1.54) is 23.4 Å². The van der Waals surface area contributed by atoms with Gasteiger partial charge in [0.25, 0.3) is 5.91 Å². The van der Waals surface area contributed by atoms with Gasteiger partial charge in [-0.15, -0.1) is 0 Å². The molecule has 0 aromatic carbocycles. The molecule has 0 saturated carbocycles. The largest absolute Gasteiger partial charge is 0.505 e. The average Bonchev–Trinajstić information content (AvgIpc) is 2.28. The van der Waals surface area contributed by atoms with Crippen LogP contribution < -0.4 is 0 Å². The summed E-state index contributed by atoms with van der Waals surface area (Å²) in [5.41, 5.74) is 0.197. The van der Waals surface area contributed by atoms with E-state index in [0.717, 1.165) is 0 Å². The van der Waals surface area contributed by atoms with E-state index in [9.17, 15) is 9.90 Å². The van der Waals surface area contributed by atoms with Gasteiger partial charge in [0, 0.05) is 19.3 Å². The number of aromatic hydroxyl groups is 1. The molecule has 0 aliphatic heterocycles. The topological polar surface area (TPSA) is 77.2 Å². The van der Waals surface area contributed by atoms with Gasteiger partial charge in [0.1, 0.15) is 5.75 Å². The van der Waals surface area contributed by atoms with Crippen molar-refractivity contribution < 1.29 is 9.90 Å². The van der Waals surface area contributed by atoms with Gasteiger partial charge in [0.2, 0.25) is 0 Å². The van der Waals surface area contributed by atoms with Crippen molar-refractivity contribution in [2.24, 2.45) is 0 Å². The summed E-state index contributed by atoms with van der Waals surface area (Å²) >= 11 is 0. The Bertz CT molecular complexity index is 425. The summed E-state index contributed by atoms with van der Waals surface area (Å²) in [6.45, 7) is 1.78. The van der Waals surface area contributed by atoms with Gasteiger partial charge in [-0.05, 0) is 13.0 Å². The molecule has 1 aromatic heterocycles. The number of rotatable bonds is 3. The predicted molar refractivity (Wildman–Crippen MR) is 57.7 cm³/mol. The van der Waals surface area contributed by atoms with E-state index in [1.54, 1.807) is 14.0 Å². The summed E-state index contributed by atoms with van der Waals surface area (Å²) in [6.07, 6.45) is 2.92. The van der Waals surface area contributed by atoms with E-state index in [1.807, 2.05) is 6.07 Å². The SMILES string of the molecule is CC(CC#N)N(C)C(=O)c1ccncc1O. The Balaban J connectivity index is 2.87. The number of carbonyl (C=O) groups excluding carboxylic acids is 1. The first kappa shape index (κ1) is 12.0. The van der Waals surface area contributed by atoms with Crippen LogP contribution >= 0.6 is 0 Å². The maximum atomic E-state index is 11.9. The number of nitriles is 1. The highest BCUT2D eigenvalue weighted by Gasteiger charge is 2.19. The Morgan fingerprint density at radius 1 is 1.75 bits per heavy atom. The van der Waals surface area contributed by atoms with Crippen molar-refractivity contribution in [2.45, 2.75) is 19.4 Å². The number of carbonyl (C=O) groups is 1. The first-order valence-corrected chi connectivity index (χ1v) is 4.85. The molecular weight excluding hydrogens is 206 g/mol. The lowest BCUT2D eigenvalue weighted by atomic mass is 10.1. The molecule has 1 unspecified atom stereocenters. The van der Waals surface area contributed by atoms with Gasteiger partial charge in [-0.25, -0.2) is 0 Å². The van der Waals surface area contributed by atoms with Crippen LogP contribution in [0, 0.1) is 11.3 Å². The Hall–Kier alpha value is -2.09. The van der Waals surface area contributed by atoms with Crippen LogP contribution in [0.1, 0.15) is 23.7 Å². The average molecular weight is 219 g/mol. The third-order valence-corrected chi connectivity index (χ3v) is 2.40. The van der Waals surface area contributed by atoms with E-state index in [0.29, 0.717) is 0 Å². The molecule has 1 heterocycles. The molecule has 0 bridgehead atoms. The van der Waals surface area contributed by atoms with Crippen molar-refractivity contribution in [1.82, 2.24) is 9.88 Å². The third kappa shape index (κ3) is 2.48. The molecule has 0 radical (unpaired) electrons. The highest BCUT2D eigenvalue weighted by molar-refractivity contribution is 5.96. The highest BCUT2D eigenvalue weighted by Crippen LogP contribution is 2.17. The Labute approximate surface area is 93.9 Å². The van der Waals surface area contributed by atoms with Crippen LogP contribution in [0.2, 0.25) is 0 Å². The zero-order valence-corrected chi connectivity index (χ0v) is 9.21. The lowest BCUT2D eigenvalue weighted by Gasteiger charge is -2.23. The van der Waals surface area contributed by atoms with Crippen LogP contribution in [0.4, 0.5) is 0 Å². The van der Waals surface area contributed by atoms with Crippen molar-refractivity contribution in [3.05, 3.63) is 24.0 Å².